The molecule has 0 fully saturated rings. The van der Waals surface area contributed by atoms with Gasteiger partial charge in [-0.2, -0.15) is 5.26 Å². The topological polar surface area (TPSA) is 73.1 Å². The summed E-state index contributed by atoms with van der Waals surface area (Å²) in [5.74, 6) is -0.968. The molecule has 4 nitrogen and oxygen atoms in total. The minimum absolute atomic E-state index is 0.0552. The summed E-state index contributed by atoms with van der Waals surface area (Å²) in [5.41, 5.74) is 2.01. The van der Waals surface area contributed by atoms with E-state index in [1.165, 1.54) is 0 Å². The molecular formula is C13H16N2O2. The first-order valence-corrected chi connectivity index (χ1v) is 5.45. The second-order valence-corrected chi connectivity index (χ2v) is 4.37. The van der Waals surface area contributed by atoms with Crippen molar-refractivity contribution in [3.63, 3.8) is 0 Å². The maximum Gasteiger partial charge on any atom is 0.326 e. The van der Waals surface area contributed by atoms with E-state index in [0.29, 0.717) is 11.3 Å². The molecule has 0 aliphatic heterocycles. The van der Waals surface area contributed by atoms with Crippen LogP contribution in [-0.2, 0) is 4.79 Å². The molecule has 0 spiro atoms. The molecule has 17 heavy (non-hydrogen) atoms. The van der Waals surface area contributed by atoms with Gasteiger partial charge in [0.15, 0.2) is 0 Å². The van der Waals surface area contributed by atoms with Crippen molar-refractivity contribution in [3.8, 4) is 6.07 Å². The predicted molar refractivity (Wildman–Crippen MR) is 65.8 cm³/mol. The van der Waals surface area contributed by atoms with Crippen LogP contribution < -0.4 is 5.32 Å². The number of nitrogens with zero attached hydrogens (tertiary/aromatic N) is 1. The molecule has 1 aromatic rings. The van der Waals surface area contributed by atoms with Gasteiger partial charge in [0.05, 0.1) is 11.3 Å². The maximum absolute atomic E-state index is 11.1. The third kappa shape index (κ3) is 3.22. The van der Waals surface area contributed by atoms with Crippen molar-refractivity contribution in [2.75, 3.05) is 5.32 Å². The van der Waals surface area contributed by atoms with Crippen molar-refractivity contribution in [2.45, 2.75) is 26.8 Å². The summed E-state index contributed by atoms with van der Waals surface area (Å²) < 4.78 is 0. The van der Waals surface area contributed by atoms with Gasteiger partial charge in [0.25, 0.3) is 0 Å². The van der Waals surface area contributed by atoms with Crippen LogP contribution in [0.25, 0.3) is 0 Å². The van der Waals surface area contributed by atoms with Crippen molar-refractivity contribution in [2.24, 2.45) is 5.92 Å². The molecule has 1 atom stereocenters. The number of rotatable bonds is 4. The van der Waals surface area contributed by atoms with Gasteiger partial charge in [-0.15, -0.1) is 0 Å². The molecule has 0 radical (unpaired) electrons. The molecule has 1 unspecified atom stereocenters. The molecule has 1 rings (SSSR count). The second kappa shape index (κ2) is 5.35. The van der Waals surface area contributed by atoms with Crippen LogP contribution in [0.1, 0.15) is 25.0 Å². The van der Waals surface area contributed by atoms with Gasteiger partial charge in [-0.1, -0.05) is 19.9 Å². The summed E-state index contributed by atoms with van der Waals surface area (Å²) in [7, 11) is 0. The molecule has 0 amide bonds. The average molecular weight is 232 g/mol. The number of anilines is 1. The Kier molecular flexibility index (Phi) is 4.11. The highest BCUT2D eigenvalue weighted by Crippen LogP contribution is 2.19. The molecule has 0 aliphatic carbocycles. The summed E-state index contributed by atoms with van der Waals surface area (Å²) in [6, 6.07) is 6.70. The van der Waals surface area contributed by atoms with E-state index in [9.17, 15) is 4.79 Å². The number of hydrogen-bond acceptors (Lipinski definition) is 3. The molecule has 0 bridgehead atoms. The van der Waals surface area contributed by atoms with Gasteiger partial charge in [0.1, 0.15) is 12.1 Å². The van der Waals surface area contributed by atoms with Crippen LogP contribution in [0.3, 0.4) is 0 Å². The summed E-state index contributed by atoms with van der Waals surface area (Å²) >= 11 is 0. The largest absolute Gasteiger partial charge is 0.480 e. The minimum Gasteiger partial charge on any atom is -0.480 e. The fourth-order valence-electron chi connectivity index (χ4n) is 1.56. The number of carboxylic acids is 1. The Bertz CT molecular complexity index is 461. The van der Waals surface area contributed by atoms with Crippen molar-refractivity contribution in [1.82, 2.24) is 0 Å². The number of nitrogens with one attached hydrogen (secondary N) is 1. The van der Waals surface area contributed by atoms with Crippen LogP contribution in [0.15, 0.2) is 18.2 Å². The molecular weight excluding hydrogens is 216 g/mol. The lowest BCUT2D eigenvalue weighted by Gasteiger charge is -2.20. The van der Waals surface area contributed by atoms with Crippen LogP contribution in [0, 0.1) is 24.2 Å². The second-order valence-electron chi connectivity index (χ2n) is 4.37. The average Bonchev–Trinajstić information content (AvgIpc) is 2.26. The molecule has 1 aromatic carbocycles. The molecule has 90 valence electrons. The van der Waals surface area contributed by atoms with Crippen molar-refractivity contribution in [3.05, 3.63) is 29.3 Å². The Morgan fingerprint density at radius 1 is 1.47 bits per heavy atom. The fraction of sp³-hybridized carbons (Fsp3) is 0.385. The van der Waals surface area contributed by atoms with Crippen LogP contribution >= 0.6 is 0 Å². The first-order valence-electron chi connectivity index (χ1n) is 5.45. The van der Waals surface area contributed by atoms with E-state index >= 15 is 0 Å². The Labute approximate surface area is 101 Å². The fourth-order valence-corrected chi connectivity index (χ4v) is 1.56. The summed E-state index contributed by atoms with van der Waals surface area (Å²) in [5, 5.41) is 21.0. The van der Waals surface area contributed by atoms with E-state index in [4.69, 9.17) is 10.4 Å². The smallest absolute Gasteiger partial charge is 0.326 e. The van der Waals surface area contributed by atoms with Crippen LogP contribution in [0.5, 0.6) is 0 Å². The lowest BCUT2D eigenvalue weighted by molar-refractivity contribution is -0.138. The standard InChI is InChI=1S/C13H16N2O2/c1-8(2)12(13(16)17)15-11-5-4-9(3)6-10(11)7-14/h4-6,8,12,15H,1-3H3,(H,16,17). The zero-order valence-electron chi connectivity index (χ0n) is 10.2. The van der Waals surface area contributed by atoms with Crippen LogP contribution in [-0.4, -0.2) is 17.1 Å². The SMILES string of the molecule is Cc1ccc(NC(C(=O)O)C(C)C)c(C#N)c1. The van der Waals surface area contributed by atoms with Gasteiger partial charge in [-0.3, -0.25) is 0 Å². The van der Waals surface area contributed by atoms with E-state index in [1.54, 1.807) is 12.1 Å². The van der Waals surface area contributed by atoms with E-state index in [0.717, 1.165) is 5.56 Å². The highest BCUT2D eigenvalue weighted by molar-refractivity contribution is 5.78. The van der Waals surface area contributed by atoms with Gasteiger partial charge in [0, 0.05) is 0 Å². The van der Waals surface area contributed by atoms with Gasteiger partial charge in [-0.05, 0) is 30.5 Å². The Hall–Kier alpha value is -2.02. The Morgan fingerprint density at radius 3 is 2.59 bits per heavy atom. The molecule has 0 saturated carbocycles. The quantitative estimate of drug-likeness (QED) is 0.836. The zero-order valence-corrected chi connectivity index (χ0v) is 10.2. The zero-order chi connectivity index (χ0) is 13.0. The van der Waals surface area contributed by atoms with Crippen molar-refractivity contribution in [1.29, 1.82) is 5.26 Å². The number of nitriles is 1. The summed E-state index contributed by atoms with van der Waals surface area (Å²) in [4.78, 5) is 11.1. The minimum atomic E-state index is -0.913. The van der Waals surface area contributed by atoms with Crippen molar-refractivity contribution >= 4 is 11.7 Å². The van der Waals surface area contributed by atoms with Crippen LogP contribution in [0.2, 0.25) is 0 Å². The number of aliphatic carboxylic acids is 1. The van der Waals surface area contributed by atoms with Gasteiger partial charge in [0.2, 0.25) is 0 Å². The summed E-state index contributed by atoms with van der Waals surface area (Å²) in [6.45, 7) is 5.54. The van der Waals surface area contributed by atoms with E-state index < -0.39 is 12.0 Å². The molecule has 0 aliphatic rings. The third-order valence-corrected chi connectivity index (χ3v) is 2.54. The summed E-state index contributed by atoms with van der Waals surface area (Å²) in [6.07, 6.45) is 0. The first kappa shape index (κ1) is 13.0. The van der Waals surface area contributed by atoms with Gasteiger partial charge < -0.3 is 10.4 Å². The first-order chi connectivity index (χ1) is 7.95. The Balaban J connectivity index is 3.02. The molecule has 2 N–H and O–H groups in total. The third-order valence-electron chi connectivity index (χ3n) is 2.54. The lowest BCUT2D eigenvalue weighted by atomic mass is 10.0. The number of carboxylic acid groups (broad SMARTS) is 1. The lowest BCUT2D eigenvalue weighted by Crippen LogP contribution is -2.34. The van der Waals surface area contributed by atoms with Gasteiger partial charge >= 0.3 is 5.97 Å². The van der Waals surface area contributed by atoms with Gasteiger partial charge in [-0.25, -0.2) is 4.79 Å². The number of hydrogen-bond donors (Lipinski definition) is 2. The number of aryl methyl sites for hydroxylation is 1. The number of carbonyl (C=O) groups is 1. The molecule has 4 heteroatoms. The molecule has 0 saturated heterocycles. The Morgan fingerprint density at radius 2 is 2.12 bits per heavy atom. The highest BCUT2D eigenvalue weighted by Gasteiger charge is 2.21. The molecule has 0 aromatic heterocycles. The molecule has 0 heterocycles. The van der Waals surface area contributed by atoms with Crippen LogP contribution in [0.4, 0.5) is 5.69 Å². The van der Waals surface area contributed by atoms with E-state index in [2.05, 4.69) is 11.4 Å². The normalized spacial score (nSPS) is 11.9. The predicted octanol–water partition coefficient (Wildman–Crippen LogP) is 2.39. The van der Waals surface area contributed by atoms with Crippen molar-refractivity contribution < 1.29 is 9.90 Å². The monoisotopic (exact) mass is 232 g/mol. The maximum atomic E-state index is 11.1. The van der Waals surface area contributed by atoms with E-state index in [-0.39, 0.29) is 5.92 Å². The van der Waals surface area contributed by atoms with E-state index in [1.807, 2.05) is 26.8 Å². The highest BCUT2D eigenvalue weighted by atomic mass is 16.4. The number of benzene rings is 1.